The third-order valence-corrected chi connectivity index (χ3v) is 5.45. The van der Waals surface area contributed by atoms with Crippen LogP contribution in [0.15, 0.2) is 53.4 Å². The van der Waals surface area contributed by atoms with Crippen LogP contribution in [0, 0.1) is 11.8 Å². The van der Waals surface area contributed by atoms with Gasteiger partial charge in [-0.2, -0.15) is 8.42 Å². The monoisotopic (exact) mass is 406 g/mol. The Bertz CT molecular complexity index is 824. The third-order valence-electron chi connectivity index (χ3n) is 4.58. The van der Waals surface area contributed by atoms with Crippen molar-refractivity contribution in [1.29, 1.82) is 0 Å². The van der Waals surface area contributed by atoms with Crippen LogP contribution in [0.2, 0.25) is 0 Å². The fourth-order valence-electron chi connectivity index (χ4n) is 3.14. The van der Waals surface area contributed by atoms with E-state index in [9.17, 15) is 8.42 Å². The second kappa shape index (κ2) is 9.94. The Kier molecular flexibility index (Phi) is 7.89. The van der Waals surface area contributed by atoms with E-state index < -0.39 is 10.1 Å². The lowest BCUT2D eigenvalue weighted by Gasteiger charge is -2.23. The van der Waals surface area contributed by atoms with E-state index in [1.165, 1.54) is 36.2 Å². The normalized spacial score (nSPS) is 13.0. The van der Waals surface area contributed by atoms with Crippen LogP contribution in [0.25, 0.3) is 0 Å². The third kappa shape index (κ3) is 6.84. The molecular formula is C22H30O5S. The largest absolute Gasteiger partial charge is 0.490 e. The van der Waals surface area contributed by atoms with Crippen molar-refractivity contribution in [3.8, 4) is 11.5 Å². The molecule has 2 aromatic carbocycles. The molecule has 0 aliphatic heterocycles. The molecule has 2 rings (SSSR count). The average molecular weight is 407 g/mol. The first-order valence-electron chi connectivity index (χ1n) is 9.60. The molecule has 0 radical (unpaired) electrons. The quantitative estimate of drug-likeness (QED) is 0.435. The van der Waals surface area contributed by atoms with E-state index in [1.54, 1.807) is 0 Å². The van der Waals surface area contributed by atoms with Crippen molar-refractivity contribution in [3.63, 3.8) is 0 Å². The van der Waals surface area contributed by atoms with E-state index in [0.717, 1.165) is 5.75 Å². The number of hydrogen-bond acceptors (Lipinski definition) is 4. The summed E-state index contributed by atoms with van der Waals surface area (Å²) in [5.74, 6) is 3.10. The zero-order chi connectivity index (χ0) is 20.7. The molecule has 0 fully saturated rings. The summed E-state index contributed by atoms with van der Waals surface area (Å²) in [5, 5.41) is 0. The van der Waals surface area contributed by atoms with E-state index in [-0.39, 0.29) is 4.90 Å². The van der Waals surface area contributed by atoms with Crippen LogP contribution in [0.3, 0.4) is 0 Å². The maximum Gasteiger partial charge on any atom is 0.294 e. The van der Waals surface area contributed by atoms with Crippen LogP contribution in [-0.4, -0.2) is 26.2 Å². The predicted octanol–water partition coefficient (Wildman–Crippen LogP) is 5.18. The summed E-state index contributed by atoms with van der Waals surface area (Å²) in [6.45, 7) is 9.73. The number of hydrogen-bond donors (Lipinski definition) is 1. The van der Waals surface area contributed by atoms with Gasteiger partial charge in [-0.15, -0.1) is 0 Å². The van der Waals surface area contributed by atoms with Gasteiger partial charge >= 0.3 is 0 Å². The van der Waals surface area contributed by atoms with E-state index in [4.69, 9.17) is 14.0 Å². The molecular weight excluding hydrogens is 376 g/mol. The molecule has 0 spiro atoms. The van der Waals surface area contributed by atoms with Crippen molar-refractivity contribution in [2.45, 2.75) is 44.9 Å². The smallest absolute Gasteiger partial charge is 0.294 e. The van der Waals surface area contributed by atoms with Gasteiger partial charge in [0.1, 0.15) is 24.7 Å². The van der Waals surface area contributed by atoms with Crippen molar-refractivity contribution in [3.05, 3.63) is 54.1 Å². The lowest BCUT2D eigenvalue weighted by atomic mass is 9.82. The Morgan fingerprint density at radius 1 is 0.821 bits per heavy atom. The van der Waals surface area contributed by atoms with E-state index in [0.29, 0.717) is 36.7 Å². The number of benzene rings is 2. The van der Waals surface area contributed by atoms with Crippen molar-refractivity contribution in [2.24, 2.45) is 11.8 Å². The van der Waals surface area contributed by atoms with Crippen molar-refractivity contribution >= 4 is 10.1 Å². The van der Waals surface area contributed by atoms with Gasteiger partial charge in [0.05, 0.1) is 4.90 Å². The van der Waals surface area contributed by atoms with Crippen LogP contribution in [0.5, 0.6) is 11.5 Å². The minimum atomic E-state index is -4.18. The highest BCUT2D eigenvalue weighted by atomic mass is 32.2. The maximum atomic E-state index is 11.0. The lowest BCUT2D eigenvalue weighted by Crippen LogP contribution is -2.11. The fourth-order valence-corrected chi connectivity index (χ4v) is 3.62. The van der Waals surface area contributed by atoms with Gasteiger partial charge < -0.3 is 9.47 Å². The van der Waals surface area contributed by atoms with Gasteiger partial charge in [-0.25, -0.2) is 0 Å². The molecule has 1 atom stereocenters. The molecule has 1 N–H and O–H groups in total. The van der Waals surface area contributed by atoms with Crippen LogP contribution in [0.4, 0.5) is 0 Å². The van der Waals surface area contributed by atoms with Crippen molar-refractivity contribution < 1.29 is 22.4 Å². The molecule has 28 heavy (non-hydrogen) atoms. The van der Waals surface area contributed by atoms with E-state index >= 15 is 0 Å². The Balaban J connectivity index is 1.83. The first-order chi connectivity index (χ1) is 13.2. The van der Waals surface area contributed by atoms with Crippen LogP contribution in [0.1, 0.15) is 45.6 Å². The highest BCUT2D eigenvalue weighted by molar-refractivity contribution is 7.85. The molecule has 2 aromatic rings. The summed E-state index contributed by atoms with van der Waals surface area (Å²) >= 11 is 0. The standard InChI is InChI=1S/C22H30O5S/c1-16(2)15-22(17(3)4)18-5-7-19(8-6-18)26-13-14-27-20-9-11-21(12-10-20)28(23,24)25/h5-12,16-17,22H,13-15H2,1-4H3,(H,23,24,25). The van der Waals surface area contributed by atoms with Gasteiger partial charge in [-0.3, -0.25) is 4.55 Å². The molecule has 1 unspecified atom stereocenters. The Morgan fingerprint density at radius 2 is 1.29 bits per heavy atom. The van der Waals surface area contributed by atoms with Gasteiger partial charge in [0, 0.05) is 0 Å². The van der Waals surface area contributed by atoms with Gasteiger partial charge in [0.2, 0.25) is 0 Å². The summed E-state index contributed by atoms with van der Waals surface area (Å²) in [7, 11) is -4.18. The first-order valence-corrected chi connectivity index (χ1v) is 11.0. The Labute approximate surface area is 168 Å². The van der Waals surface area contributed by atoms with Gasteiger partial charge in [-0.05, 0) is 66.1 Å². The second-order valence-corrected chi connectivity index (χ2v) is 9.11. The summed E-state index contributed by atoms with van der Waals surface area (Å²) < 4.78 is 42.2. The topological polar surface area (TPSA) is 72.8 Å². The minimum absolute atomic E-state index is 0.159. The fraction of sp³-hybridized carbons (Fsp3) is 0.455. The number of ether oxygens (including phenoxy) is 2. The first kappa shape index (κ1) is 22.2. The van der Waals surface area contributed by atoms with E-state index in [1.807, 2.05) is 12.1 Å². The van der Waals surface area contributed by atoms with Crippen molar-refractivity contribution in [1.82, 2.24) is 0 Å². The average Bonchev–Trinajstić information content (AvgIpc) is 2.63. The zero-order valence-electron chi connectivity index (χ0n) is 17.0. The summed E-state index contributed by atoms with van der Waals surface area (Å²) in [6.07, 6.45) is 1.17. The maximum absolute atomic E-state index is 11.0. The second-order valence-electron chi connectivity index (χ2n) is 7.69. The number of rotatable bonds is 10. The molecule has 5 nitrogen and oxygen atoms in total. The van der Waals surface area contributed by atoms with Crippen LogP contribution in [-0.2, 0) is 10.1 Å². The minimum Gasteiger partial charge on any atom is -0.490 e. The Hall–Kier alpha value is -2.05. The zero-order valence-corrected chi connectivity index (χ0v) is 17.8. The van der Waals surface area contributed by atoms with Crippen LogP contribution >= 0.6 is 0 Å². The van der Waals surface area contributed by atoms with E-state index in [2.05, 4.69) is 39.8 Å². The molecule has 0 amide bonds. The molecule has 0 saturated heterocycles. The summed E-state index contributed by atoms with van der Waals surface area (Å²) in [4.78, 5) is -0.159. The summed E-state index contributed by atoms with van der Waals surface area (Å²) in [5.41, 5.74) is 1.34. The lowest BCUT2D eigenvalue weighted by molar-refractivity contribution is 0.217. The molecule has 0 aliphatic rings. The molecule has 0 aromatic heterocycles. The summed E-state index contributed by atoms with van der Waals surface area (Å²) in [6, 6.07) is 13.9. The van der Waals surface area contributed by atoms with Gasteiger partial charge in [0.15, 0.2) is 0 Å². The molecule has 154 valence electrons. The SMILES string of the molecule is CC(C)CC(c1ccc(OCCOc2ccc(S(=O)(=O)O)cc2)cc1)C(C)C. The van der Waals surface area contributed by atoms with Gasteiger partial charge in [0.25, 0.3) is 10.1 Å². The molecule has 0 heterocycles. The molecule has 0 saturated carbocycles. The predicted molar refractivity (Wildman–Crippen MR) is 111 cm³/mol. The molecule has 0 aliphatic carbocycles. The Morgan fingerprint density at radius 3 is 1.68 bits per heavy atom. The highest BCUT2D eigenvalue weighted by Crippen LogP contribution is 2.31. The van der Waals surface area contributed by atoms with Gasteiger partial charge in [-0.1, -0.05) is 39.8 Å². The highest BCUT2D eigenvalue weighted by Gasteiger charge is 2.17. The van der Waals surface area contributed by atoms with Crippen molar-refractivity contribution in [2.75, 3.05) is 13.2 Å². The van der Waals surface area contributed by atoms with Crippen LogP contribution < -0.4 is 9.47 Å². The molecule has 6 heteroatoms. The molecule has 0 bridgehead atoms.